The number of aryl methyl sites for hydroxylation is 1. The maximum Gasteiger partial charge on any atom is 0.278 e. The van der Waals surface area contributed by atoms with E-state index in [1.165, 1.54) is 0 Å². The maximum absolute atomic E-state index is 12.4. The van der Waals surface area contributed by atoms with Gasteiger partial charge < -0.3 is 14.4 Å². The third kappa shape index (κ3) is 4.89. The van der Waals surface area contributed by atoms with E-state index in [-0.39, 0.29) is 5.91 Å². The van der Waals surface area contributed by atoms with Crippen molar-refractivity contribution >= 4 is 23.2 Å². The van der Waals surface area contributed by atoms with E-state index in [2.05, 4.69) is 20.4 Å². The fourth-order valence-electron chi connectivity index (χ4n) is 3.49. The summed E-state index contributed by atoms with van der Waals surface area (Å²) in [5.41, 5.74) is 4.95. The molecule has 0 spiro atoms. The van der Waals surface area contributed by atoms with E-state index in [1.54, 1.807) is 30.6 Å². The molecule has 2 heterocycles. The smallest absolute Gasteiger partial charge is 0.278 e. The van der Waals surface area contributed by atoms with Gasteiger partial charge in [0.1, 0.15) is 5.69 Å². The van der Waals surface area contributed by atoms with E-state index in [1.807, 2.05) is 66.2 Å². The van der Waals surface area contributed by atoms with Gasteiger partial charge >= 0.3 is 0 Å². The molecule has 0 radical (unpaired) electrons. The van der Waals surface area contributed by atoms with Crippen LogP contribution in [0.4, 0.5) is 5.69 Å². The van der Waals surface area contributed by atoms with Crippen LogP contribution in [-0.2, 0) is 6.54 Å². The highest BCUT2D eigenvalue weighted by atomic mass is 35.5. The minimum atomic E-state index is -0.187. The van der Waals surface area contributed by atoms with Gasteiger partial charge in [0, 0.05) is 34.6 Å². The van der Waals surface area contributed by atoms with E-state index in [0.29, 0.717) is 40.2 Å². The molecule has 8 heteroatoms. The summed E-state index contributed by atoms with van der Waals surface area (Å²) >= 11 is 5.88. The number of halogens is 1. The van der Waals surface area contributed by atoms with Gasteiger partial charge in [-0.25, -0.2) is 4.98 Å². The van der Waals surface area contributed by atoms with Gasteiger partial charge in [0.05, 0.1) is 6.33 Å². The first-order chi connectivity index (χ1) is 16.5. The van der Waals surface area contributed by atoms with E-state index in [0.717, 1.165) is 16.7 Å². The Hall–Kier alpha value is -4.23. The molecule has 0 bridgehead atoms. The van der Waals surface area contributed by atoms with Crippen molar-refractivity contribution in [1.82, 2.24) is 19.7 Å². The Morgan fingerprint density at radius 1 is 1.06 bits per heavy atom. The van der Waals surface area contributed by atoms with Crippen LogP contribution in [-0.4, -0.2) is 25.6 Å². The molecule has 0 aliphatic heterocycles. The Bertz CT molecular complexity index is 1440. The van der Waals surface area contributed by atoms with Crippen molar-refractivity contribution in [3.05, 3.63) is 107 Å². The quantitative estimate of drug-likeness (QED) is 0.336. The third-order valence-corrected chi connectivity index (χ3v) is 5.49. The zero-order valence-corrected chi connectivity index (χ0v) is 19.0. The number of anilines is 1. The van der Waals surface area contributed by atoms with Crippen LogP contribution in [0, 0.1) is 6.92 Å². The number of carbonyl (C=O) groups is 1. The predicted octanol–water partition coefficient (Wildman–Crippen LogP) is 5.86. The number of imidazole rings is 1. The second-order valence-electron chi connectivity index (χ2n) is 7.88. The number of hydrogen-bond acceptors (Lipinski definition) is 5. The van der Waals surface area contributed by atoms with Gasteiger partial charge in [-0.15, -0.1) is 0 Å². The molecule has 5 rings (SSSR count). The number of carbonyl (C=O) groups excluding carboxylic acids is 1. The SMILES string of the molecule is Cc1cccc(-c2noc(-c3cn(Cc4ccc(NC(=O)c5ccc(Cl)cc5)cc4)cn3)n2)c1. The normalized spacial score (nSPS) is 10.9. The second-order valence-corrected chi connectivity index (χ2v) is 8.32. The molecule has 5 aromatic rings. The van der Waals surface area contributed by atoms with Crippen molar-refractivity contribution in [3.63, 3.8) is 0 Å². The number of aromatic nitrogens is 4. The molecule has 0 aliphatic carbocycles. The summed E-state index contributed by atoms with van der Waals surface area (Å²) in [4.78, 5) is 21.2. The standard InChI is InChI=1S/C26H20ClN5O2/c1-17-3-2-4-20(13-17)24-30-26(34-31-24)23-15-32(16-28-23)14-18-5-11-22(12-6-18)29-25(33)19-7-9-21(27)10-8-19/h2-13,15-16H,14H2,1H3,(H,29,33). The monoisotopic (exact) mass is 469 g/mol. The van der Waals surface area contributed by atoms with E-state index < -0.39 is 0 Å². The van der Waals surface area contributed by atoms with Gasteiger partial charge in [0.2, 0.25) is 5.82 Å². The topological polar surface area (TPSA) is 85.8 Å². The second kappa shape index (κ2) is 9.33. The van der Waals surface area contributed by atoms with E-state index in [4.69, 9.17) is 16.1 Å². The summed E-state index contributed by atoms with van der Waals surface area (Å²) in [6.07, 6.45) is 3.59. The average Bonchev–Trinajstić information content (AvgIpc) is 3.51. The molecule has 0 saturated carbocycles. The van der Waals surface area contributed by atoms with Crippen LogP contribution >= 0.6 is 11.6 Å². The Kier molecular flexibility index (Phi) is 5.93. The van der Waals surface area contributed by atoms with Crippen LogP contribution in [0.3, 0.4) is 0 Å². The zero-order valence-electron chi connectivity index (χ0n) is 18.3. The van der Waals surface area contributed by atoms with Crippen LogP contribution in [0.2, 0.25) is 5.02 Å². The Morgan fingerprint density at radius 2 is 1.85 bits per heavy atom. The minimum absolute atomic E-state index is 0.187. The fourth-order valence-corrected chi connectivity index (χ4v) is 3.62. The summed E-state index contributed by atoms with van der Waals surface area (Å²) in [6.45, 7) is 2.63. The first-order valence-electron chi connectivity index (χ1n) is 10.6. The third-order valence-electron chi connectivity index (χ3n) is 5.24. The Balaban J connectivity index is 1.23. The van der Waals surface area contributed by atoms with Gasteiger partial charge in [-0.1, -0.05) is 52.7 Å². The summed E-state index contributed by atoms with van der Waals surface area (Å²) in [5.74, 6) is 0.716. The predicted molar refractivity (Wildman–Crippen MR) is 131 cm³/mol. The molecular weight excluding hydrogens is 450 g/mol. The molecule has 0 aliphatic rings. The summed E-state index contributed by atoms with van der Waals surface area (Å²) in [7, 11) is 0. The molecule has 1 N–H and O–H groups in total. The molecule has 0 fully saturated rings. The molecule has 0 unspecified atom stereocenters. The Labute approximate surface area is 201 Å². The number of nitrogens with one attached hydrogen (secondary N) is 1. The van der Waals surface area contributed by atoms with Crippen LogP contribution in [0.5, 0.6) is 0 Å². The zero-order chi connectivity index (χ0) is 23.5. The van der Waals surface area contributed by atoms with Crippen molar-refractivity contribution in [3.8, 4) is 23.0 Å². The van der Waals surface area contributed by atoms with Gasteiger partial charge in [-0.05, 0) is 55.0 Å². The van der Waals surface area contributed by atoms with Gasteiger partial charge in [0.15, 0.2) is 0 Å². The van der Waals surface area contributed by atoms with Crippen molar-refractivity contribution in [2.45, 2.75) is 13.5 Å². The molecule has 0 saturated heterocycles. The largest absolute Gasteiger partial charge is 0.332 e. The van der Waals surface area contributed by atoms with Crippen LogP contribution in [0.1, 0.15) is 21.5 Å². The van der Waals surface area contributed by atoms with Gasteiger partial charge in [0.25, 0.3) is 11.8 Å². The molecule has 0 atom stereocenters. The van der Waals surface area contributed by atoms with Crippen molar-refractivity contribution < 1.29 is 9.32 Å². The molecule has 34 heavy (non-hydrogen) atoms. The molecule has 168 valence electrons. The van der Waals surface area contributed by atoms with Crippen molar-refractivity contribution in [1.29, 1.82) is 0 Å². The lowest BCUT2D eigenvalue weighted by molar-refractivity contribution is 0.102. The number of hydrogen-bond donors (Lipinski definition) is 1. The highest BCUT2D eigenvalue weighted by Gasteiger charge is 2.13. The van der Waals surface area contributed by atoms with Crippen molar-refractivity contribution in [2.24, 2.45) is 0 Å². The molecule has 1 amide bonds. The van der Waals surface area contributed by atoms with Crippen LogP contribution in [0.15, 0.2) is 89.8 Å². The van der Waals surface area contributed by atoms with Crippen LogP contribution in [0.25, 0.3) is 23.0 Å². The molecule has 2 aromatic heterocycles. The Morgan fingerprint density at radius 3 is 2.62 bits per heavy atom. The lowest BCUT2D eigenvalue weighted by Gasteiger charge is -2.07. The van der Waals surface area contributed by atoms with Crippen molar-refractivity contribution in [2.75, 3.05) is 5.32 Å². The van der Waals surface area contributed by atoms with Crippen LogP contribution < -0.4 is 5.32 Å². The fraction of sp³-hybridized carbons (Fsp3) is 0.0769. The first-order valence-corrected chi connectivity index (χ1v) is 11.0. The number of amides is 1. The van der Waals surface area contributed by atoms with E-state index in [9.17, 15) is 4.79 Å². The summed E-state index contributed by atoms with van der Waals surface area (Å²) in [6, 6.07) is 22.4. The number of benzene rings is 3. The highest BCUT2D eigenvalue weighted by molar-refractivity contribution is 6.30. The average molecular weight is 470 g/mol. The molecular formula is C26H20ClN5O2. The summed E-state index contributed by atoms with van der Waals surface area (Å²) < 4.78 is 7.36. The van der Waals surface area contributed by atoms with E-state index >= 15 is 0 Å². The first kappa shape index (κ1) is 21.6. The maximum atomic E-state index is 12.4. The molecule has 7 nitrogen and oxygen atoms in total. The summed E-state index contributed by atoms with van der Waals surface area (Å²) in [5, 5.41) is 7.56. The van der Waals surface area contributed by atoms with Gasteiger partial charge in [-0.2, -0.15) is 4.98 Å². The highest BCUT2D eigenvalue weighted by Crippen LogP contribution is 2.22. The number of rotatable bonds is 6. The lowest BCUT2D eigenvalue weighted by Crippen LogP contribution is -2.11. The molecule has 3 aromatic carbocycles. The lowest BCUT2D eigenvalue weighted by atomic mass is 10.1. The minimum Gasteiger partial charge on any atom is -0.332 e. The van der Waals surface area contributed by atoms with Gasteiger partial charge in [-0.3, -0.25) is 4.79 Å². The number of nitrogens with zero attached hydrogens (tertiary/aromatic N) is 4.